The summed E-state index contributed by atoms with van der Waals surface area (Å²) in [6.45, 7) is 0. The maximum Gasteiger partial charge on any atom is 0.302 e. The normalized spacial score (nSPS) is 12.1. The van der Waals surface area contributed by atoms with Crippen LogP contribution in [0.25, 0.3) is 10.9 Å². The third kappa shape index (κ3) is 2.21. The quantitative estimate of drug-likeness (QED) is 0.842. The van der Waals surface area contributed by atoms with Crippen molar-refractivity contribution in [3.05, 3.63) is 35.8 Å². The molecule has 0 spiro atoms. The number of hydrogen-bond acceptors (Lipinski definition) is 2. The van der Waals surface area contributed by atoms with Gasteiger partial charge in [0.1, 0.15) is 5.82 Å². The molecule has 2 aromatic rings. The zero-order valence-electron chi connectivity index (χ0n) is 8.20. The highest BCUT2D eigenvalue weighted by Gasteiger charge is 2.12. The van der Waals surface area contributed by atoms with Gasteiger partial charge in [-0.25, -0.2) is 4.39 Å². The number of halogens is 2. The molecule has 0 bridgehead atoms. The van der Waals surface area contributed by atoms with E-state index in [1.807, 2.05) is 0 Å². The summed E-state index contributed by atoms with van der Waals surface area (Å²) in [6.07, 6.45) is 1.46. The number of hydrogen-bond donors (Lipinski definition) is 1. The fourth-order valence-electron chi connectivity index (χ4n) is 1.64. The van der Waals surface area contributed by atoms with Crippen molar-refractivity contribution >= 4 is 21.1 Å². The minimum Gasteiger partial charge on any atom is -0.361 e. The largest absolute Gasteiger partial charge is 0.361 e. The number of aromatic nitrogens is 1. The molecule has 16 heavy (non-hydrogen) atoms. The van der Waals surface area contributed by atoms with Crippen LogP contribution >= 0.6 is 0 Å². The van der Waals surface area contributed by atoms with Crippen LogP contribution in [0.1, 0.15) is 5.56 Å². The first-order chi connectivity index (χ1) is 7.47. The zero-order chi connectivity index (χ0) is 11.8. The van der Waals surface area contributed by atoms with Gasteiger partial charge in [-0.05, 0) is 24.1 Å². The molecule has 0 atom stereocenters. The van der Waals surface area contributed by atoms with Crippen molar-refractivity contribution in [3.8, 4) is 0 Å². The summed E-state index contributed by atoms with van der Waals surface area (Å²) in [5, 5.41) is 0.325. The Morgan fingerprint density at radius 3 is 2.75 bits per heavy atom. The van der Waals surface area contributed by atoms with E-state index in [0.29, 0.717) is 16.5 Å². The van der Waals surface area contributed by atoms with Crippen molar-refractivity contribution in [1.29, 1.82) is 0 Å². The molecule has 0 aliphatic heterocycles. The van der Waals surface area contributed by atoms with Crippen LogP contribution in [0.2, 0.25) is 0 Å². The Kier molecular flexibility index (Phi) is 2.67. The summed E-state index contributed by atoms with van der Waals surface area (Å²) < 4.78 is 46.5. The molecular formula is C10H9F2NO2S. The molecule has 0 saturated heterocycles. The molecule has 1 aromatic heterocycles. The lowest BCUT2D eigenvalue weighted by atomic mass is 10.1. The summed E-state index contributed by atoms with van der Waals surface area (Å²) in [5.41, 5.74) is 1.04. The van der Waals surface area contributed by atoms with E-state index in [9.17, 15) is 16.7 Å². The Hall–Kier alpha value is -1.43. The first-order valence-electron chi connectivity index (χ1n) is 4.64. The van der Waals surface area contributed by atoms with E-state index in [4.69, 9.17) is 0 Å². The van der Waals surface area contributed by atoms with E-state index in [2.05, 4.69) is 4.98 Å². The second-order valence-corrected chi connectivity index (χ2v) is 4.96. The number of H-pyrrole nitrogens is 1. The van der Waals surface area contributed by atoms with Crippen LogP contribution in [-0.4, -0.2) is 19.2 Å². The summed E-state index contributed by atoms with van der Waals surface area (Å²) in [5.74, 6) is -1.07. The fourth-order valence-corrected chi connectivity index (χ4v) is 2.10. The minimum atomic E-state index is -4.52. The molecule has 3 nitrogen and oxygen atoms in total. The van der Waals surface area contributed by atoms with E-state index >= 15 is 0 Å². The summed E-state index contributed by atoms with van der Waals surface area (Å²) in [6, 6.07) is 4.50. The van der Waals surface area contributed by atoms with Gasteiger partial charge >= 0.3 is 10.2 Å². The van der Waals surface area contributed by atoms with Crippen LogP contribution in [0.4, 0.5) is 8.28 Å². The monoisotopic (exact) mass is 245 g/mol. The number of fused-ring (bicyclic) bond motifs is 1. The number of aromatic amines is 1. The minimum absolute atomic E-state index is 0.0419. The predicted molar refractivity (Wildman–Crippen MR) is 56.9 cm³/mol. The third-order valence-corrected chi connectivity index (χ3v) is 3.04. The van der Waals surface area contributed by atoms with Crippen molar-refractivity contribution in [2.75, 3.05) is 5.75 Å². The van der Waals surface area contributed by atoms with Crippen LogP contribution in [0.15, 0.2) is 24.4 Å². The molecule has 1 aromatic carbocycles. The molecule has 6 heteroatoms. The molecule has 0 amide bonds. The number of benzene rings is 1. The lowest BCUT2D eigenvalue weighted by Gasteiger charge is -1.97. The molecular weight excluding hydrogens is 236 g/mol. The number of rotatable bonds is 3. The fraction of sp³-hybridized carbons (Fsp3) is 0.200. The van der Waals surface area contributed by atoms with Crippen molar-refractivity contribution in [2.45, 2.75) is 6.42 Å². The van der Waals surface area contributed by atoms with Crippen LogP contribution in [0.3, 0.4) is 0 Å². The van der Waals surface area contributed by atoms with Crippen LogP contribution in [-0.2, 0) is 16.6 Å². The molecule has 86 valence electrons. The SMILES string of the molecule is O=S(=O)(F)CCc1c[nH]c2cccc(F)c12. The highest BCUT2D eigenvalue weighted by Crippen LogP contribution is 2.22. The number of nitrogens with one attached hydrogen (secondary N) is 1. The van der Waals surface area contributed by atoms with Gasteiger partial charge in [-0.3, -0.25) is 0 Å². The van der Waals surface area contributed by atoms with Gasteiger partial charge in [0, 0.05) is 17.1 Å². The van der Waals surface area contributed by atoms with Gasteiger partial charge in [0.05, 0.1) is 5.75 Å². The Morgan fingerprint density at radius 2 is 2.06 bits per heavy atom. The van der Waals surface area contributed by atoms with Gasteiger partial charge in [-0.2, -0.15) is 8.42 Å². The Balaban J connectivity index is 2.39. The summed E-state index contributed by atoms with van der Waals surface area (Å²) in [4.78, 5) is 2.81. The molecule has 1 N–H and O–H groups in total. The Morgan fingerprint density at radius 1 is 1.31 bits per heavy atom. The Labute approximate surface area is 91.3 Å². The lowest BCUT2D eigenvalue weighted by Crippen LogP contribution is -2.01. The van der Waals surface area contributed by atoms with Crippen molar-refractivity contribution in [2.24, 2.45) is 0 Å². The summed E-state index contributed by atoms with van der Waals surface area (Å²) in [7, 11) is -4.52. The van der Waals surface area contributed by atoms with Crippen LogP contribution in [0, 0.1) is 5.82 Å². The van der Waals surface area contributed by atoms with Crippen molar-refractivity contribution < 1.29 is 16.7 Å². The van der Waals surface area contributed by atoms with Crippen LogP contribution < -0.4 is 0 Å². The van der Waals surface area contributed by atoms with Crippen molar-refractivity contribution in [1.82, 2.24) is 4.98 Å². The van der Waals surface area contributed by atoms with E-state index in [-0.39, 0.29) is 6.42 Å². The van der Waals surface area contributed by atoms with Gasteiger partial charge in [-0.1, -0.05) is 6.07 Å². The predicted octanol–water partition coefficient (Wildman–Crippen LogP) is 2.15. The number of aryl methyl sites for hydroxylation is 1. The average Bonchev–Trinajstić information content (AvgIpc) is 2.58. The first kappa shape index (κ1) is 11.1. The van der Waals surface area contributed by atoms with E-state index < -0.39 is 21.8 Å². The zero-order valence-corrected chi connectivity index (χ0v) is 9.02. The van der Waals surface area contributed by atoms with E-state index in [1.165, 1.54) is 12.3 Å². The molecule has 0 unspecified atom stereocenters. The van der Waals surface area contributed by atoms with Gasteiger partial charge < -0.3 is 4.98 Å². The van der Waals surface area contributed by atoms with Gasteiger partial charge in [0.15, 0.2) is 0 Å². The van der Waals surface area contributed by atoms with Gasteiger partial charge in [-0.15, -0.1) is 3.89 Å². The molecule has 1 heterocycles. The molecule has 0 saturated carbocycles. The Bertz CT molecular complexity index is 619. The maximum atomic E-state index is 13.4. The van der Waals surface area contributed by atoms with Gasteiger partial charge in [0.25, 0.3) is 0 Å². The molecule has 0 radical (unpaired) electrons. The van der Waals surface area contributed by atoms with Crippen LogP contribution in [0.5, 0.6) is 0 Å². The second kappa shape index (κ2) is 3.86. The average molecular weight is 245 g/mol. The second-order valence-electron chi connectivity index (χ2n) is 3.47. The van der Waals surface area contributed by atoms with E-state index in [0.717, 1.165) is 0 Å². The molecule has 0 aliphatic rings. The summed E-state index contributed by atoms with van der Waals surface area (Å²) >= 11 is 0. The maximum absolute atomic E-state index is 13.4. The highest BCUT2D eigenvalue weighted by atomic mass is 32.3. The molecule has 0 fully saturated rings. The first-order valence-corrected chi connectivity index (χ1v) is 6.19. The topological polar surface area (TPSA) is 49.9 Å². The molecule has 2 rings (SSSR count). The van der Waals surface area contributed by atoms with E-state index in [1.54, 1.807) is 12.1 Å². The highest BCUT2D eigenvalue weighted by molar-refractivity contribution is 7.86. The lowest BCUT2D eigenvalue weighted by molar-refractivity contribution is 0.551. The third-order valence-electron chi connectivity index (χ3n) is 2.35. The standard InChI is InChI=1S/C10H9F2NO2S/c11-8-2-1-3-9-10(8)7(6-13-9)4-5-16(12,14)15/h1-3,6,13H,4-5H2. The van der Waals surface area contributed by atoms with Crippen molar-refractivity contribution in [3.63, 3.8) is 0 Å². The smallest absolute Gasteiger partial charge is 0.302 e. The molecule has 0 aliphatic carbocycles. The van der Waals surface area contributed by atoms with Gasteiger partial charge in [0.2, 0.25) is 0 Å².